The second-order valence-corrected chi connectivity index (χ2v) is 5.37. The van der Waals surface area contributed by atoms with Gasteiger partial charge in [0, 0.05) is 25.0 Å². The third kappa shape index (κ3) is 3.03. The monoisotopic (exact) mass is 271 g/mol. The number of ether oxygens (including phenoxy) is 1. The van der Waals surface area contributed by atoms with E-state index in [0.717, 1.165) is 18.8 Å². The molecular weight excluding hydrogens is 254 g/mol. The minimum Gasteiger partial charge on any atom is -0.372 e. The Kier molecular flexibility index (Phi) is 3.92. The maximum absolute atomic E-state index is 11.8. The van der Waals surface area contributed by atoms with Gasteiger partial charge in [0.15, 0.2) is 0 Å². The number of hydrogen-bond acceptors (Lipinski definition) is 4. The van der Waals surface area contributed by atoms with Gasteiger partial charge in [-0.15, -0.1) is 11.6 Å². The predicted molar refractivity (Wildman–Crippen MR) is 71.5 cm³/mol. The number of morpholine rings is 1. The summed E-state index contributed by atoms with van der Waals surface area (Å²) in [5.41, 5.74) is 0.545. The van der Waals surface area contributed by atoms with E-state index in [2.05, 4.69) is 10.00 Å². The molecule has 1 saturated heterocycles. The van der Waals surface area contributed by atoms with E-state index in [1.54, 1.807) is 12.3 Å². The van der Waals surface area contributed by atoms with Crippen LogP contribution in [-0.4, -0.2) is 41.0 Å². The van der Waals surface area contributed by atoms with Gasteiger partial charge in [-0.25, -0.2) is 4.68 Å². The highest BCUT2D eigenvalue weighted by atomic mass is 35.5. The molecule has 0 amide bonds. The Labute approximate surface area is 111 Å². The van der Waals surface area contributed by atoms with Crippen molar-refractivity contribution in [3.05, 3.63) is 22.6 Å². The van der Waals surface area contributed by atoms with Crippen LogP contribution >= 0.6 is 11.6 Å². The maximum Gasteiger partial charge on any atom is 0.268 e. The number of hydrogen-bond donors (Lipinski definition) is 0. The van der Waals surface area contributed by atoms with E-state index in [4.69, 9.17) is 16.3 Å². The molecule has 0 aliphatic carbocycles. The number of alkyl halides is 1. The highest BCUT2D eigenvalue weighted by molar-refractivity contribution is 6.17. The fraction of sp³-hybridized carbons (Fsp3) is 0.667. The molecular formula is C12H18ClN3O2. The fourth-order valence-electron chi connectivity index (χ4n) is 2.08. The van der Waals surface area contributed by atoms with Crippen LogP contribution in [0.2, 0.25) is 0 Å². The van der Waals surface area contributed by atoms with E-state index >= 15 is 0 Å². The number of rotatable bonds is 3. The summed E-state index contributed by atoms with van der Waals surface area (Å²) in [6.45, 7) is 6.73. The number of halogens is 1. The third-order valence-corrected chi connectivity index (χ3v) is 3.11. The zero-order valence-electron chi connectivity index (χ0n) is 10.7. The van der Waals surface area contributed by atoms with E-state index in [9.17, 15) is 4.79 Å². The maximum atomic E-state index is 11.8. The van der Waals surface area contributed by atoms with Crippen molar-refractivity contribution >= 4 is 17.3 Å². The van der Waals surface area contributed by atoms with Crippen LogP contribution in [-0.2, 0) is 11.3 Å². The van der Waals surface area contributed by atoms with Gasteiger partial charge in [-0.1, -0.05) is 0 Å². The summed E-state index contributed by atoms with van der Waals surface area (Å²) in [6.07, 6.45) is 1.72. The molecule has 6 heteroatoms. The quantitative estimate of drug-likeness (QED) is 0.773. The lowest BCUT2D eigenvalue weighted by atomic mass is 10.1. The molecule has 1 aliphatic heterocycles. The lowest BCUT2D eigenvalue weighted by Crippen LogP contribution is -2.48. The molecule has 0 N–H and O–H groups in total. The molecule has 2 heterocycles. The van der Waals surface area contributed by atoms with Crippen molar-refractivity contribution in [2.45, 2.75) is 26.0 Å². The van der Waals surface area contributed by atoms with Crippen molar-refractivity contribution in [1.82, 2.24) is 9.78 Å². The summed E-state index contributed by atoms with van der Waals surface area (Å²) < 4.78 is 7.02. The average molecular weight is 272 g/mol. The van der Waals surface area contributed by atoms with Gasteiger partial charge in [0.2, 0.25) is 0 Å². The summed E-state index contributed by atoms with van der Waals surface area (Å²) in [4.78, 5) is 13.9. The van der Waals surface area contributed by atoms with Crippen LogP contribution in [0.3, 0.4) is 0 Å². The van der Waals surface area contributed by atoms with Crippen LogP contribution in [0, 0.1) is 0 Å². The van der Waals surface area contributed by atoms with Gasteiger partial charge in [0.25, 0.3) is 5.56 Å². The molecule has 100 valence electrons. The van der Waals surface area contributed by atoms with Crippen molar-refractivity contribution in [2.24, 2.45) is 0 Å². The molecule has 5 nitrogen and oxygen atoms in total. The Morgan fingerprint density at radius 2 is 2.33 bits per heavy atom. The van der Waals surface area contributed by atoms with Crippen LogP contribution in [0.5, 0.6) is 0 Å². The number of nitrogens with zero attached hydrogens (tertiary/aromatic N) is 3. The molecule has 0 bridgehead atoms. The molecule has 0 aromatic carbocycles. The summed E-state index contributed by atoms with van der Waals surface area (Å²) in [6, 6.07) is 1.61. The second kappa shape index (κ2) is 5.28. The van der Waals surface area contributed by atoms with Crippen molar-refractivity contribution in [1.29, 1.82) is 0 Å². The van der Waals surface area contributed by atoms with Gasteiger partial charge in [-0.05, 0) is 13.8 Å². The van der Waals surface area contributed by atoms with Gasteiger partial charge < -0.3 is 9.64 Å². The first-order chi connectivity index (χ1) is 8.52. The van der Waals surface area contributed by atoms with Crippen LogP contribution in [0.1, 0.15) is 13.8 Å². The van der Waals surface area contributed by atoms with E-state index in [-0.39, 0.29) is 11.2 Å². The first-order valence-corrected chi connectivity index (χ1v) is 6.57. The summed E-state index contributed by atoms with van der Waals surface area (Å²) in [7, 11) is 0. The van der Waals surface area contributed by atoms with E-state index in [1.165, 1.54) is 4.68 Å². The Morgan fingerprint density at radius 3 is 2.94 bits per heavy atom. The molecule has 0 saturated carbocycles. The number of aromatic nitrogens is 2. The van der Waals surface area contributed by atoms with Gasteiger partial charge in [0.05, 0.1) is 30.6 Å². The van der Waals surface area contributed by atoms with Crippen molar-refractivity contribution in [3.8, 4) is 0 Å². The van der Waals surface area contributed by atoms with Gasteiger partial charge in [0.1, 0.15) is 0 Å². The molecule has 1 aromatic rings. The largest absolute Gasteiger partial charge is 0.372 e. The van der Waals surface area contributed by atoms with Crippen molar-refractivity contribution < 1.29 is 4.74 Å². The Bertz CT molecular complexity index is 473. The van der Waals surface area contributed by atoms with Crippen LogP contribution in [0.15, 0.2) is 17.1 Å². The van der Waals surface area contributed by atoms with Gasteiger partial charge in [-0.2, -0.15) is 5.10 Å². The Balaban J connectivity index is 2.19. The molecule has 2 rings (SSSR count). The molecule has 1 fully saturated rings. The van der Waals surface area contributed by atoms with Crippen molar-refractivity contribution in [2.75, 3.05) is 30.5 Å². The van der Waals surface area contributed by atoms with E-state index < -0.39 is 0 Å². The molecule has 0 unspecified atom stereocenters. The molecule has 0 radical (unpaired) electrons. The first kappa shape index (κ1) is 13.4. The average Bonchev–Trinajstić information content (AvgIpc) is 2.30. The minimum absolute atomic E-state index is 0.113. The van der Waals surface area contributed by atoms with Crippen LogP contribution in [0.25, 0.3) is 0 Å². The van der Waals surface area contributed by atoms with Gasteiger partial charge in [-0.3, -0.25) is 4.79 Å². The Hall–Kier alpha value is -1.07. The minimum atomic E-state index is -0.191. The summed E-state index contributed by atoms with van der Waals surface area (Å²) in [5, 5.41) is 4.13. The normalized spacial score (nSPS) is 18.9. The zero-order valence-corrected chi connectivity index (χ0v) is 11.5. The third-order valence-electron chi connectivity index (χ3n) is 2.94. The standard InChI is InChI=1S/C12H18ClN3O2/c1-12(2)9-15(5-6-18-12)10-7-11(17)16(4-3-13)14-8-10/h7-8H,3-6,9H2,1-2H3. The summed E-state index contributed by atoms with van der Waals surface area (Å²) >= 11 is 5.61. The van der Waals surface area contributed by atoms with Crippen LogP contribution in [0.4, 0.5) is 5.69 Å². The molecule has 0 atom stereocenters. The van der Waals surface area contributed by atoms with Gasteiger partial charge >= 0.3 is 0 Å². The fourth-order valence-corrected chi connectivity index (χ4v) is 2.24. The lowest BCUT2D eigenvalue weighted by Gasteiger charge is -2.39. The molecule has 18 heavy (non-hydrogen) atoms. The Morgan fingerprint density at radius 1 is 1.56 bits per heavy atom. The number of anilines is 1. The smallest absolute Gasteiger partial charge is 0.268 e. The SMILES string of the molecule is CC1(C)CN(c2cnn(CCCl)c(=O)c2)CCO1. The molecule has 1 aromatic heterocycles. The summed E-state index contributed by atoms with van der Waals surface area (Å²) in [5.74, 6) is 0.386. The topological polar surface area (TPSA) is 47.4 Å². The van der Waals surface area contributed by atoms with Crippen molar-refractivity contribution in [3.63, 3.8) is 0 Å². The molecule has 1 aliphatic rings. The van der Waals surface area contributed by atoms with E-state index in [1.807, 2.05) is 13.8 Å². The second-order valence-electron chi connectivity index (χ2n) is 4.99. The predicted octanol–water partition coefficient (Wildman–Crippen LogP) is 1.10. The highest BCUT2D eigenvalue weighted by Crippen LogP contribution is 2.21. The lowest BCUT2D eigenvalue weighted by molar-refractivity contribution is -0.0277. The van der Waals surface area contributed by atoms with E-state index in [0.29, 0.717) is 19.0 Å². The van der Waals surface area contributed by atoms with Crippen LogP contribution < -0.4 is 10.5 Å². The first-order valence-electron chi connectivity index (χ1n) is 6.04. The zero-order chi connectivity index (χ0) is 13.2. The molecule has 0 spiro atoms. The highest BCUT2D eigenvalue weighted by Gasteiger charge is 2.27. The number of aryl methyl sites for hydroxylation is 1.